The van der Waals surface area contributed by atoms with Crippen molar-refractivity contribution in [1.29, 1.82) is 0 Å². The van der Waals surface area contributed by atoms with Gasteiger partial charge < -0.3 is 14.5 Å². The second-order valence-corrected chi connectivity index (χ2v) is 6.58. The van der Waals surface area contributed by atoms with Crippen molar-refractivity contribution >= 4 is 11.8 Å². The summed E-state index contributed by atoms with van der Waals surface area (Å²) in [6.45, 7) is 4.00. The molecular weight excluding hydrogens is 347 g/mol. The van der Waals surface area contributed by atoms with Crippen LogP contribution in [-0.4, -0.2) is 54.4 Å². The molecule has 1 aliphatic heterocycles. The third-order valence-electron chi connectivity index (χ3n) is 4.69. The van der Waals surface area contributed by atoms with Crippen LogP contribution in [0.1, 0.15) is 22.3 Å². The summed E-state index contributed by atoms with van der Waals surface area (Å²) in [6.07, 6.45) is 0.722. The maximum absolute atomic E-state index is 12.9. The Bertz CT molecular complexity index is 807. The number of hydrogen-bond donors (Lipinski definition) is 0. The molecule has 1 saturated heterocycles. The fraction of sp³-hybridized carbons (Fsp3) is 0.333. The van der Waals surface area contributed by atoms with Crippen molar-refractivity contribution in [1.82, 2.24) is 9.80 Å². The Hall–Kier alpha value is -2.89. The van der Waals surface area contributed by atoms with E-state index in [2.05, 4.69) is 0 Å². The van der Waals surface area contributed by atoms with Gasteiger partial charge in [-0.25, -0.2) is 4.39 Å². The Balaban J connectivity index is 1.54. The summed E-state index contributed by atoms with van der Waals surface area (Å²) >= 11 is 0. The molecule has 0 atom stereocenters. The molecule has 2 aromatic carbocycles. The molecule has 0 saturated carbocycles. The van der Waals surface area contributed by atoms with E-state index in [9.17, 15) is 14.0 Å². The Labute approximate surface area is 158 Å². The van der Waals surface area contributed by atoms with E-state index in [4.69, 9.17) is 4.74 Å². The molecule has 0 radical (unpaired) electrons. The van der Waals surface area contributed by atoms with E-state index in [0.717, 1.165) is 12.0 Å². The smallest absolute Gasteiger partial charge is 0.260 e. The molecule has 5 nitrogen and oxygen atoms in total. The minimum atomic E-state index is -0.348. The SMILES string of the molecule is Cc1ccccc1C(=O)N1CCCN(C(=O)COc2ccc(F)cc2)CC1. The lowest BCUT2D eigenvalue weighted by atomic mass is 10.1. The molecule has 0 aromatic heterocycles. The summed E-state index contributed by atoms with van der Waals surface area (Å²) in [5, 5.41) is 0. The minimum Gasteiger partial charge on any atom is -0.484 e. The molecule has 0 unspecified atom stereocenters. The summed E-state index contributed by atoms with van der Waals surface area (Å²) in [4.78, 5) is 28.7. The maximum Gasteiger partial charge on any atom is 0.260 e. The molecule has 2 amide bonds. The van der Waals surface area contributed by atoms with Gasteiger partial charge in [0, 0.05) is 31.7 Å². The number of carbonyl (C=O) groups is 2. The molecular formula is C21H23FN2O3. The molecule has 0 aliphatic carbocycles. The van der Waals surface area contributed by atoms with E-state index in [-0.39, 0.29) is 24.2 Å². The van der Waals surface area contributed by atoms with Crippen molar-refractivity contribution in [2.24, 2.45) is 0 Å². The van der Waals surface area contributed by atoms with Crippen molar-refractivity contribution in [2.75, 3.05) is 32.8 Å². The fourth-order valence-corrected chi connectivity index (χ4v) is 3.12. The quantitative estimate of drug-likeness (QED) is 0.832. The standard InChI is InChI=1S/C21H23FN2O3/c1-16-5-2-3-6-19(16)21(26)24-12-4-11-23(13-14-24)20(25)15-27-18-9-7-17(22)8-10-18/h2-3,5-10H,4,11-15H2,1H3. The van der Waals surface area contributed by atoms with Crippen LogP contribution in [0.15, 0.2) is 48.5 Å². The lowest BCUT2D eigenvalue weighted by Gasteiger charge is -2.23. The number of carbonyl (C=O) groups excluding carboxylic acids is 2. The van der Waals surface area contributed by atoms with Crippen molar-refractivity contribution < 1.29 is 18.7 Å². The summed E-state index contributed by atoms with van der Waals surface area (Å²) in [7, 11) is 0. The molecule has 1 fully saturated rings. The predicted molar refractivity (Wildman–Crippen MR) is 100 cm³/mol. The number of ether oxygens (including phenoxy) is 1. The first kappa shape index (κ1) is 18.9. The van der Waals surface area contributed by atoms with Crippen LogP contribution < -0.4 is 4.74 Å². The summed E-state index contributed by atoms with van der Waals surface area (Å²) in [5.74, 6) is -0.0231. The largest absolute Gasteiger partial charge is 0.484 e. The molecule has 142 valence electrons. The van der Waals surface area contributed by atoms with Crippen molar-refractivity contribution in [3.8, 4) is 5.75 Å². The van der Waals surface area contributed by atoms with Crippen LogP contribution in [0.4, 0.5) is 4.39 Å². The lowest BCUT2D eigenvalue weighted by molar-refractivity contribution is -0.133. The molecule has 2 aromatic rings. The molecule has 6 heteroatoms. The van der Waals surface area contributed by atoms with Crippen LogP contribution >= 0.6 is 0 Å². The van der Waals surface area contributed by atoms with E-state index in [0.29, 0.717) is 37.5 Å². The predicted octanol–water partition coefficient (Wildman–Crippen LogP) is 2.89. The topological polar surface area (TPSA) is 49.9 Å². The molecule has 0 N–H and O–H groups in total. The van der Waals surface area contributed by atoms with Crippen LogP contribution in [0.5, 0.6) is 5.75 Å². The Morgan fingerprint density at radius 1 is 0.963 bits per heavy atom. The van der Waals surface area contributed by atoms with Crippen molar-refractivity contribution in [2.45, 2.75) is 13.3 Å². The Kier molecular flexibility index (Phi) is 6.06. The molecule has 27 heavy (non-hydrogen) atoms. The highest BCUT2D eigenvalue weighted by Gasteiger charge is 2.23. The molecule has 1 heterocycles. The Morgan fingerprint density at radius 2 is 1.63 bits per heavy atom. The summed E-state index contributed by atoms with van der Waals surface area (Å²) in [6, 6.07) is 13.1. The van der Waals surface area contributed by atoms with Gasteiger partial charge in [0.1, 0.15) is 11.6 Å². The van der Waals surface area contributed by atoms with Gasteiger partial charge in [-0.3, -0.25) is 9.59 Å². The zero-order valence-electron chi connectivity index (χ0n) is 15.4. The van der Waals surface area contributed by atoms with Gasteiger partial charge in [-0.2, -0.15) is 0 Å². The van der Waals surface area contributed by atoms with Crippen LogP contribution in [0.2, 0.25) is 0 Å². The number of halogens is 1. The second kappa shape index (κ2) is 8.66. The zero-order chi connectivity index (χ0) is 19.2. The third-order valence-corrected chi connectivity index (χ3v) is 4.69. The normalized spacial score (nSPS) is 14.6. The van der Waals surface area contributed by atoms with E-state index >= 15 is 0 Å². The van der Waals surface area contributed by atoms with Gasteiger partial charge in [0.05, 0.1) is 0 Å². The van der Waals surface area contributed by atoms with Gasteiger partial charge in [-0.05, 0) is 49.2 Å². The average Bonchev–Trinajstić information content (AvgIpc) is 2.93. The summed E-state index contributed by atoms with van der Waals surface area (Å²) in [5.41, 5.74) is 1.66. The number of hydrogen-bond acceptors (Lipinski definition) is 3. The molecule has 0 bridgehead atoms. The van der Waals surface area contributed by atoms with Gasteiger partial charge in [-0.1, -0.05) is 18.2 Å². The van der Waals surface area contributed by atoms with Crippen molar-refractivity contribution in [3.63, 3.8) is 0 Å². The van der Waals surface area contributed by atoms with Gasteiger partial charge in [0.25, 0.3) is 11.8 Å². The van der Waals surface area contributed by atoms with E-state index in [1.54, 1.807) is 9.80 Å². The second-order valence-electron chi connectivity index (χ2n) is 6.58. The highest BCUT2D eigenvalue weighted by atomic mass is 19.1. The first-order chi connectivity index (χ1) is 13.0. The Morgan fingerprint density at radius 3 is 2.37 bits per heavy atom. The number of benzene rings is 2. The van der Waals surface area contributed by atoms with Gasteiger partial charge in [0.15, 0.2) is 6.61 Å². The minimum absolute atomic E-state index is 0.00459. The highest BCUT2D eigenvalue weighted by molar-refractivity contribution is 5.95. The monoisotopic (exact) mass is 370 g/mol. The van der Waals surface area contributed by atoms with Gasteiger partial charge >= 0.3 is 0 Å². The molecule has 3 rings (SSSR count). The van der Waals surface area contributed by atoms with Crippen LogP contribution in [0.25, 0.3) is 0 Å². The highest BCUT2D eigenvalue weighted by Crippen LogP contribution is 2.14. The van der Waals surface area contributed by atoms with Gasteiger partial charge in [-0.15, -0.1) is 0 Å². The van der Waals surface area contributed by atoms with E-state index < -0.39 is 0 Å². The van der Waals surface area contributed by atoms with Gasteiger partial charge in [0.2, 0.25) is 0 Å². The van der Waals surface area contributed by atoms with Crippen molar-refractivity contribution in [3.05, 3.63) is 65.5 Å². The number of amides is 2. The zero-order valence-corrected chi connectivity index (χ0v) is 15.4. The molecule has 1 aliphatic rings. The fourth-order valence-electron chi connectivity index (χ4n) is 3.12. The van der Waals surface area contributed by atoms with Crippen LogP contribution in [-0.2, 0) is 4.79 Å². The molecule has 0 spiro atoms. The summed E-state index contributed by atoms with van der Waals surface area (Å²) < 4.78 is 18.3. The van der Waals surface area contributed by atoms with E-state index in [1.165, 1.54) is 24.3 Å². The first-order valence-electron chi connectivity index (χ1n) is 9.05. The first-order valence-corrected chi connectivity index (χ1v) is 9.05. The lowest BCUT2D eigenvalue weighted by Crippen LogP contribution is -2.39. The number of nitrogens with zero attached hydrogens (tertiary/aromatic N) is 2. The van der Waals surface area contributed by atoms with E-state index in [1.807, 2.05) is 31.2 Å². The van der Waals surface area contributed by atoms with Crippen LogP contribution in [0, 0.1) is 12.7 Å². The number of aryl methyl sites for hydroxylation is 1. The number of rotatable bonds is 4. The third kappa shape index (κ3) is 4.84. The van der Waals surface area contributed by atoms with Crippen LogP contribution in [0.3, 0.4) is 0 Å². The average molecular weight is 370 g/mol. The maximum atomic E-state index is 12.9.